The minimum absolute atomic E-state index is 0.0414. The molecule has 4 heterocycles. The zero-order valence-corrected chi connectivity index (χ0v) is 15.6. The first-order valence-corrected chi connectivity index (χ1v) is 9.12. The summed E-state index contributed by atoms with van der Waals surface area (Å²) in [5, 5.41) is 2.08. The van der Waals surface area contributed by atoms with Crippen LogP contribution in [0.1, 0.15) is 33.6 Å². The molecule has 4 aromatic heterocycles. The van der Waals surface area contributed by atoms with Crippen molar-refractivity contribution in [1.82, 2.24) is 20.3 Å². The number of pyridine rings is 3. The molecule has 2 N–H and O–H groups in total. The highest BCUT2D eigenvalue weighted by Gasteiger charge is 2.43. The van der Waals surface area contributed by atoms with E-state index in [1.54, 1.807) is 47.3 Å². The van der Waals surface area contributed by atoms with Crippen LogP contribution in [0.2, 0.25) is 0 Å². The van der Waals surface area contributed by atoms with Crippen LogP contribution in [0.5, 0.6) is 0 Å². The zero-order chi connectivity index (χ0) is 21.1. The summed E-state index contributed by atoms with van der Waals surface area (Å²) in [6.45, 7) is 0. The Morgan fingerprint density at radius 2 is 1.93 bits per heavy atom. The number of amides is 1. The standard InChI is InChI=1S/C21H16F3N5O/c22-21(23,24)19(15-7-1-3-10-26-15)28-20(30)18-16-8-2-4-11-29(16)17(27-18)12-14-6-5-9-25-13-14/h1-11,13,19H,12H2,(H,28,30)/p+1. The van der Waals surface area contributed by atoms with Crippen LogP contribution in [0.25, 0.3) is 5.52 Å². The van der Waals surface area contributed by atoms with E-state index in [0.29, 0.717) is 17.8 Å². The van der Waals surface area contributed by atoms with E-state index in [-0.39, 0.29) is 11.4 Å². The first-order chi connectivity index (χ1) is 14.4. The maximum Gasteiger partial charge on any atom is 0.414 e. The second kappa shape index (κ2) is 7.94. The van der Waals surface area contributed by atoms with E-state index in [4.69, 9.17) is 0 Å². The fraction of sp³-hybridized carbons (Fsp3) is 0.143. The molecule has 152 valence electrons. The molecule has 4 aromatic rings. The van der Waals surface area contributed by atoms with Crippen LogP contribution in [0.4, 0.5) is 13.2 Å². The van der Waals surface area contributed by atoms with Crippen LogP contribution in [-0.2, 0) is 6.42 Å². The van der Waals surface area contributed by atoms with Crippen molar-refractivity contribution < 1.29 is 22.4 Å². The lowest BCUT2D eigenvalue weighted by Crippen LogP contribution is -2.39. The lowest BCUT2D eigenvalue weighted by molar-refractivity contribution is -0.520. The largest absolute Gasteiger partial charge is 0.414 e. The number of halogens is 3. The number of carbonyl (C=O) groups is 1. The van der Waals surface area contributed by atoms with Gasteiger partial charge in [-0.3, -0.25) is 14.8 Å². The molecule has 1 amide bonds. The molecule has 0 radical (unpaired) electrons. The molecule has 0 spiro atoms. The lowest BCUT2D eigenvalue weighted by atomic mass is 10.1. The maximum absolute atomic E-state index is 13.6. The van der Waals surface area contributed by atoms with Crippen LogP contribution >= 0.6 is 0 Å². The van der Waals surface area contributed by atoms with Crippen molar-refractivity contribution >= 4 is 11.4 Å². The van der Waals surface area contributed by atoms with E-state index in [2.05, 4.69) is 20.3 Å². The second-order valence-electron chi connectivity index (χ2n) is 6.64. The van der Waals surface area contributed by atoms with Gasteiger partial charge in [-0.05, 0) is 35.9 Å². The van der Waals surface area contributed by atoms with Gasteiger partial charge < -0.3 is 5.32 Å². The Morgan fingerprint density at radius 1 is 1.10 bits per heavy atom. The van der Waals surface area contributed by atoms with Crippen molar-refractivity contribution in [3.05, 3.63) is 96.1 Å². The molecule has 0 aliphatic heterocycles. The number of fused-ring (bicyclic) bond motifs is 1. The number of imidazole rings is 1. The van der Waals surface area contributed by atoms with Crippen LogP contribution < -0.4 is 9.72 Å². The number of aromatic nitrogens is 4. The van der Waals surface area contributed by atoms with Gasteiger partial charge in [-0.2, -0.15) is 17.6 Å². The fourth-order valence-electron chi connectivity index (χ4n) is 3.22. The number of hydrogen-bond acceptors (Lipinski definition) is 3. The Balaban J connectivity index is 1.69. The molecule has 9 heteroatoms. The van der Waals surface area contributed by atoms with Gasteiger partial charge in [0, 0.05) is 18.6 Å². The van der Waals surface area contributed by atoms with Crippen LogP contribution in [0, 0.1) is 0 Å². The smallest absolute Gasteiger partial charge is 0.332 e. The summed E-state index contributed by atoms with van der Waals surface area (Å²) in [7, 11) is 0. The van der Waals surface area contributed by atoms with Gasteiger partial charge >= 0.3 is 6.18 Å². The van der Waals surface area contributed by atoms with Crippen LogP contribution in [-0.4, -0.2) is 27.0 Å². The Bertz CT molecular complexity index is 1160. The average molecular weight is 412 g/mol. The van der Waals surface area contributed by atoms with Crippen molar-refractivity contribution in [3.8, 4) is 0 Å². The topological polar surface area (TPSA) is 74.8 Å². The molecule has 6 nitrogen and oxygen atoms in total. The summed E-state index contributed by atoms with van der Waals surface area (Å²) in [6.07, 6.45) is 2.07. The summed E-state index contributed by atoms with van der Waals surface area (Å²) in [4.78, 5) is 23.7. The third-order valence-electron chi connectivity index (χ3n) is 4.58. The highest BCUT2D eigenvalue weighted by molar-refractivity contribution is 5.98. The van der Waals surface area contributed by atoms with E-state index in [1.807, 2.05) is 6.07 Å². The molecule has 1 atom stereocenters. The predicted octanol–water partition coefficient (Wildman–Crippen LogP) is 3.17. The summed E-state index contributed by atoms with van der Waals surface area (Å²) < 4.78 is 42.6. The normalized spacial score (nSPS) is 12.6. The Kier molecular flexibility index (Phi) is 5.18. The van der Waals surface area contributed by atoms with E-state index >= 15 is 0 Å². The summed E-state index contributed by atoms with van der Waals surface area (Å²) in [5.74, 6) is -0.228. The van der Waals surface area contributed by atoms with Crippen LogP contribution in [0.3, 0.4) is 0 Å². The Hall–Kier alpha value is -3.75. The molecule has 0 aliphatic rings. The quantitative estimate of drug-likeness (QED) is 0.495. The molecule has 30 heavy (non-hydrogen) atoms. The summed E-state index contributed by atoms with van der Waals surface area (Å²) >= 11 is 0. The maximum atomic E-state index is 13.6. The molecule has 0 fully saturated rings. The third kappa shape index (κ3) is 4.00. The van der Waals surface area contributed by atoms with Crippen molar-refractivity contribution in [2.75, 3.05) is 0 Å². The lowest BCUT2D eigenvalue weighted by Gasteiger charge is -2.20. The van der Waals surface area contributed by atoms with Gasteiger partial charge in [0.05, 0.1) is 18.3 Å². The molecule has 0 bridgehead atoms. The average Bonchev–Trinajstić information content (AvgIpc) is 3.11. The molecule has 1 unspecified atom stereocenters. The minimum atomic E-state index is -4.70. The molecule has 4 rings (SSSR count). The SMILES string of the molecule is O=C(NC(c1ccccn1)C(F)(F)F)c1[nH]c(Cc2cccnc2)[n+]2ccccc12. The Morgan fingerprint density at radius 3 is 2.63 bits per heavy atom. The molecule has 0 aromatic carbocycles. The zero-order valence-electron chi connectivity index (χ0n) is 15.6. The first kappa shape index (κ1) is 19.6. The van der Waals surface area contributed by atoms with Crippen molar-refractivity contribution in [3.63, 3.8) is 0 Å². The number of H-pyrrole nitrogens is 1. The third-order valence-corrected chi connectivity index (χ3v) is 4.58. The van der Waals surface area contributed by atoms with E-state index in [0.717, 1.165) is 5.56 Å². The van der Waals surface area contributed by atoms with Crippen LogP contribution in [0.15, 0.2) is 73.3 Å². The number of carbonyl (C=O) groups excluding carboxylic acids is 1. The van der Waals surface area contributed by atoms with Crippen molar-refractivity contribution in [2.45, 2.75) is 18.6 Å². The van der Waals surface area contributed by atoms with Crippen molar-refractivity contribution in [2.24, 2.45) is 0 Å². The summed E-state index contributed by atoms with van der Waals surface area (Å²) in [6, 6.07) is 10.8. The molecule has 0 saturated heterocycles. The fourth-order valence-corrected chi connectivity index (χ4v) is 3.22. The van der Waals surface area contributed by atoms with Crippen molar-refractivity contribution in [1.29, 1.82) is 0 Å². The number of rotatable bonds is 5. The van der Waals surface area contributed by atoms with Gasteiger partial charge in [0.25, 0.3) is 11.7 Å². The van der Waals surface area contributed by atoms with E-state index in [9.17, 15) is 18.0 Å². The van der Waals surface area contributed by atoms with Gasteiger partial charge in [0.2, 0.25) is 5.69 Å². The number of nitrogens with one attached hydrogen (secondary N) is 2. The van der Waals surface area contributed by atoms with Gasteiger partial charge in [-0.1, -0.05) is 18.2 Å². The van der Waals surface area contributed by atoms with Gasteiger partial charge in [-0.25, -0.2) is 4.98 Å². The molecular weight excluding hydrogens is 395 g/mol. The highest BCUT2D eigenvalue weighted by Crippen LogP contribution is 2.31. The number of aromatic amines is 1. The van der Waals surface area contributed by atoms with Gasteiger partial charge in [0.1, 0.15) is 0 Å². The molecule has 0 saturated carbocycles. The number of nitrogens with zero attached hydrogens (tertiary/aromatic N) is 3. The monoisotopic (exact) mass is 412 g/mol. The second-order valence-corrected chi connectivity index (χ2v) is 6.64. The van der Waals surface area contributed by atoms with E-state index < -0.39 is 18.1 Å². The minimum Gasteiger partial charge on any atom is -0.332 e. The summed E-state index contributed by atoms with van der Waals surface area (Å²) in [5.41, 5.74) is 1.12. The Labute approximate surface area is 169 Å². The van der Waals surface area contributed by atoms with Gasteiger partial charge in [0.15, 0.2) is 11.6 Å². The highest BCUT2D eigenvalue weighted by atomic mass is 19.4. The first-order valence-electron chi connectivity index (χ1n) is 9.12. The molecular formula is C21H17F3N5O+. The molecule has 0 aliphatic carbocycles. The predicted molar refractivity (Wildman–Crippen MR) is 101 cm³/mol. The number of alkyl halides is 3. The van der Waals surface area contributed by atoms with E-state index in [1.165, 1.54) is 24.4 Å². The van der Waals surface area contributed by atoms with Gasteiger partial charge in [-0.15, -0.1) is 0 Å². The number of hydrogen-bond donors (Lipinski definition) is 2.